The number of benzene rings is 2. The van der Waals surface area contributed by atoms with Crippen LogP contribution in [0.5, 0.6) is 0 Å². The standard InChI is InChI=1S/C19H22O2/c1-14-5-4-6-15(11-14)12-17(20)13-19-18-8-3-2-7-16(18)9-10-21-19/h2-8,11,17,19-20H,9-10,12-13H2,1H3. The van der Waals surface area contributed by atoms with Crippen LogP contribution in [0.3, 0.4) is 0 Å². The topological polar surface area (TPSA) is 29.5 Å². The van der Waals surface area contributed by atoms with Crippen molar-refractivity contribution in [3.05, 3.63) is 70.8 Å². The minimum Gasteiger partial charge on any atom is -0.393 e. The first-order chi connectivity index (χ1) is 10.2. The van der Waals surface area contributed by atoms with E-state index < -0.39 is 0 Å². The Morgan fingerprint density at radius 2 is 2.05 bits per heavy atom. The molecule has 2 atom stereocenters. The number of aliphatic hydroxyl groups excluding tert-OH is 1. The van der Waals surface area contributed by atoms with Gasteiger partial charge in [-0.25, -0.2) is 0 Å². The van der Waals surface area contributed by atoms with Gasteiger partial charge in [0, 0.05) is 6.42 Å². The van der Waals surface area contributed by atoms with Crippen LogP contribution in [0.2, 0.25) is 0 Å². The minimum absolute atomic E-state index is 0.0229. The SMILES string of the molecule is Cc1cccc(CC(O)CC2OCCc3ccccc32)c1. The van der Waals surface area contributed by atoms with Crippen LogP contribution in [-0.4, -0.2) is 17.8 Å². The highest BCUT2D eigenvalue weighted by Crippen LogP contribution is 2.31. The van der Waals surface area contributed by atoms with E-state index in [2.05, 4.69) is 43.3 Å². The maximum Gasteiger partial charge on any atom is 0.0852 e. The largest absolute Gasteiger partial charge is 0.393 e. The van der Waals surface area contributed by atoms with Crippen molar-refractivity contribution in [1.82, 2.24) is 0 Å². The summed E-state index contributed by atoms with van der Waals surface area (Å²) >= 11 is 0. The van der Waals surface area contributed by atoms with E-state index in [1.165, 1.54) is 22.3 Å². The van der Waals surface area contributed by atoms with Crippen molar-refractivity contribution < 1.29 is 9.84 Å². The Kier molecular flexibility index (Phi) is 4.37. The smallest absolute Gasteiger partial charge is 0.0852 e. The van der Waals surface area contributed by atoms with Gasteiger partial charge in [-0.05, 0) is 36.5 Å². The van der Waals surface area contributed by atoms with Crippen molar-refractivity contribution in [1.29, 1.82) is 0 Å². The molecule has 0 bridgehead atoms. The summed E-state index contributed by atoms with van der Waals surface area (Å²) in [5.74, 6) is 0. The summed E-state index contributed by atoms with van der Waals surface area (Å²) in [5, 5.41) is 10.4. The summed E-state index contributed by atoms with van der Waals surface area (Å²) in [6.45, 7) is 2.83. The van der Waals surface area contributed by atoms with Gasteiger partial charge < -0.3 is 9.84 Å². The molecular weight excluding hydrogens is 260 g/mol. The van der Waals surface area contributed by atoms with Gasteiger partial charge in [0.05, 0.1) is 18.8 Å². The lowest BCUT2D eigenvalue weighted by molar-refractivity contribution is 0.00456. The van der Waals surface area contributed by atoms with E-state index in [0.717, 1.165) is 13.0 Å². The van der Waals surface area contributed by atoms with Crippen LogP contribution in [0.4, 0.5) is 0 Å². The predicted octanol–water partition coefficient (Wildman–Crippen LogP) is 3.60. The fourth-order valence-corrected chi connectivity index (χ4v) is 3.11. The van der Waals surface area contributed by atoms with Crippen LogP contribution in [0.15, 0.2) is 48.5 Å². The maximum atomic E-state index is 10.4. The lowest BCUT2D eigenvalue weighted by atomic mass is 9.92. The Hall–Kier alpha value is -1.64. The molecule has 1 heterocycles. The van der Waals surface area contributed by atoms with E-state index in [1.54, 1.807) is 0 Å². The van der Waals surface area contributed by atoms with E-state index in [9.17, 15) is 5.11 Å². The maximum absolute atomic E-state index is 10.4. The quantitative estimate of drug-likeness (QED) is 0.928. The molecule has 2 aromatic carbocycles. The van der Waals surface area contributed by atoms with Crippen LogP contribution in [0.1, 0.15) is 34.8 Å². The van der Waals surface area contributed by atoms with Crippen molar-refractivity contribution in [3.8, 4) is 0 Å². The zero-order valence-corrected chi connectivity index (χ0v) is 12.5. The molecule has 2 nitrogen and oxygen atoms in total. The van der Waals surface area contributed by atoms with E-state index in [-0.39, 0.29) is 12.2 Å². The average molecular weight is 282 g/mol. The number of fused-ring (bicyclic) bond motifs is 1. The second kappa shape index (κ2) is 6.42. The highest BCUT2D eigenvalue weighted by atomic mass is 16.5. The molecule has 1 aliphatic heterocycles. The summed E-state index contributed by atoms with van der Waals surface area (Å²) in [6.07, 6.45) is 1.97. The molecule has 1 aliphatic rings. The number of rotatable bonds is 4. The third-order valence-electron chi connectivity index (χ3n) is 4.13. The summed E-state index contributed by atoms with van der Waals surface area (Å²) in [4.78, 5) is 0. The Morgan fingerprint density at radius 1 is 1.19 bits per heavy atom. The van der Waals surface area contributed by atoms with Crippen LogP contribution in [0, 0.1) is 6.92 Å². The van der Waals surface area contributed by atoms with Gasteiger partial charge in [0.2, 0.25) is 0 Å². The first-order valence-corrected chi connectivity index (χ1v) is 7.65. The molecule has 0 aliphatic carbocycles. The summed E-state index contributed by atoms with van der Waals surface area (Å²) in [5.41, 5.74) is 5.02. The molecule has 2 unspecified atom stereocenters. The van der Waals surface area contributed by atoms with Gasteiger partial charge in [-0.3, -0.25) is 0 Å². The number of hydrogen-bond donors (Lipinski definition) is 1. The second-order valence-corrected chi connectivity index (χ2v) is 5.89. The van der Waals surface area contributed by atoms with Gasteiger partial charge in [-0.2, -0.15) is 0 Å². The molecule has 1 N–H and O–H groups in total. The fourth-order valence-electron chi connectivity index (χ4n) is 3.11. The van der Waals surface area contributed by atoms with Crippen LogP contribution in [-0.2, 0) is 17.6 Å². The third-order valence-corrected chi connectivity index (χ3v) is 4.13. The summed E-state index contributed by atoms with van der Waals surface area (Å²) in [6, 6.07) is 16.7. The number of ether oxygens (including phenoxy) is 1. The van der Waals surface area contributed by atoms with Crippen molar-refractivity contribution in [2.24, 2.45) is 0 Å². The first-order valence-electron chi connectivity index (χ1n) is 7.65. The second-order valence-electron chi connectivity index (χ2n) is 5.89. The predicted molar refractivity (Wildman–Crippen MR) is 84.3 cm³/mol. The molecule has 0 amide bonds. The van der Waals surface area contributed by atoms with Crippen molar-refractivity contribution >= 4 is 0 Å². The Labute approximate surface area is 126 Å². The van der Waals surface area contributed by atoms with Crippen LogP contribution >= 0.6 is 0 Å². The molecule has 2 heteroatoms. The third kappa shape index (κ3) is 3.52. The molecule has 2 aromatic rings. The monoisotopic (exact) mass is 282 g/mol. The minimum atomic E-state index is -0.372. The van der Waals surface area contributed by atoms with E-state index in [1.807, 2.05) is 12.1 Å². The summed E-state index contributed by atoms with van der Waals surface area (Å²) < 4.78 is 5.88. The molecule has 3 rings (SSSR count). The summed E-state index contributed by atoms with van der Waals surface area (Å²) in [7, 11) is 0. The number of aliphatic hydroxyl groups is 1. The number of aryl methyl sites for hydroxylation is 1. The molecular formula is C19H22O2. The van der Waals surface area contributed by atoms with Gasteiger partial charge >= 0.3 is 0 Å². The Balaban J connectivity index is 1.67. The Morgan fingerprint density at radius 3 is 2.90 bits per heavy atom. The molecule has 0 saturated heterocycles. The average Bonchev–Trinajstić information content (AvgIpc) is 2.47. The lowest BCUT2D eigenvalue weighted by Crippen LogP contribution is -2.22. The normalized spacial score (nSPS) is 19.0. The molecule has 0 saturated carbocycles. The highest BCUT2D eigenvalue weighted by molar-refractivity contribution is 5.31. The van der Waals surface area contributed by atoms with Crippen LogP contribution in [0.25, 0.3) is 0 Å². The first kappa shape index (κ1) is 14.3. The number of hydrogen-bond acceptors (Lipinski definition) is 2. The molecule has 0 spiro atoms. The van der Waals surface area contributed by atoms with Gasteiger partial charge in [0.1, 0.15) is 0 Å². The van der Waals surface area contributed by atoms with Gasteiger partial charge in [0.25, 0.3) is 0 Å². The molecule has 0 radical (unpaired) electrons. The van der Waals surface area contributed by atoms with E-state index in [0.29, 0.717) is 12.8 Å². The fraction of sp³-hybridized carbons (Fsp3) is 0.368. The molecule has 0 fully saturated rings. The lowest BCUT2D eigenvalue weighted by Gasteiger charge is -2.27. The van der Waals surface area contributed by atoms with Crippen molar-refractivity contribution in [2.45, 2.75) is 38.4 Å². The van der Waals surface area contributed by atoms with Crippen molar-refractivity contribution in [3.63, 3.8) is 0 Å². The van der Waals surface area contributed by atoms with Crippen molar-refractivity contribution in [2.75, 3.05) is 6.61 Å². The zero-order chi connectivity index (χ0) is 14.7. The highest BCUT2D eigenvalue weighted by Gasteiger charge is 2.23. The molecule has 0 aromatic heterocycles. The van der Waals surface area contributed by atoms with Gasteiger partial charge in [-0.15, -0.1) is 0 Å². The van der Waals surface area contributed by atoms with E-state index >= 15 is 0 Å². The van der Waals surface area contributed by atoms with Gasteiger partial charge in [-0.1, -0.05) is 54.1 Å². The van der Waals surface area contributed by atoms with E-state index in [4.69, 9.17) is 4.74 Å². The zero-order valence-electron chi connectivity index (χ0n) is 12.5. The molecule has 21 heavy (non-hydrogen) atoms. The molecule has 110 valence electrons. The Bertz CT molecular complexity index is 606. The van der Waals surface area contributed by atoms with Gasteiger partial charge in [0.15, 0.2) is 0 Å². The van der Waals surface area contributed by atoms with Crippen LogP contribution < -0.4 is 0 Å².